The number of urea groups is 1. The third-order valence-corrected chi connectivity index (χ3v) is 4.62. The van der Waals surface area contributed by atoms with Crippen molar-refractivity contribution in [2.45, 2.75) is 19.5 Å². The molecular weight excluding hydrogens is 274 g/mol. The highest BCUT2D eigenvalue weighted by molar-refractivity contribution is 7.99. The number of aliphatic carboxylic acids is 1. The van der Waals surface area contributed by atoms with Gasteiger partial charge in [-0.05, 0) is 6.92 Å². The Labute approximate surface area is 112 Å². The predicted octanol–water partition coefficient (Wildman–Crippen LogP) is 1.12. The zero-order chi connectivity index (χ0) is 13.1. The molecular formula is C10H13N3O3S2. The summed E-state index contributed by atoms with van der Waals surface area (Å²) in [6.45, 7) is 2.27. The molecule has 1 saturated heterocycles. The smallest absolute Gasteiger partial charge is 0.327 e. The first-order chi connectivity index (χ1) is 8.59. The zero-order valence-electron chi connectivity index (χ0n) is 9.75. The number of thiazole rings is 1. The molecule has 0 aromatic carbocycles. The second-order valence-corrected chi connectivity index (χ2v) is 5.78. The van der Waals surface area contributed by atoms with Crippen LogP contribution in [0.2, 0.25) is 0 Å². The maximum Gasteiger partial charge on any atom is 0.327 e. The van der Waals surface area contributed by atoms with Gasteiger partial charge in [0.1, 0.15) is 6.04 Å². The molecule has 2 rings (SSSR count). The van der Waals surface area contributed by atoms with Crippen LogP contribution < -0.4 is 5.32 Å². The van der Waals surface area contributed by atoms with Crippen LogP contribution in [-0.4, -0.2) is 44.7 Å². The molecule has 0 unspecified atom stereocenters. The van der Waals surface area contributed by atoms with Crippen LogP contribution in [0, 0.1) is 6.92 Å². The highest BCUT2D eigenvalue weighted by Crippen LogP contribution is 2.21. The number of hydrogen-bond acceptors (Lipinski definition) is 5. The molecule has 1 atom stereocenters. The summed E-state index contributed by atoms with van der Waals surface area (Å²) in [5.41, 5.74) is 2.62. The minimum Gasteiger partial charge on any atom is -0.480 e. The molecule has 0 spiro atoms. The van der Waals surface area contributed by atoms with Gasteiger partial charge in [0.25, 0.3) is 0 Å². The van der Waals surface area contributed by atoms with Crippen molar-refractivity contribution in [3.8, 4) is 0 Å². The SMILES string of the molecule is Cc1ncsc1CNC(=O)N1CSC[C@H]1C(=O)O. The Morgan fingerprint density at radius 2 is 2.44 bits per heavy atom. The normalized spacial score (nSPS) is 18.9. The Morgan fingerprint density at radius 1 is 1.67 bits per heavy atom. The molecule has 1 aromatic rings. The van der Waals surface area contributed by atoms with E-state index in [-0.39, 0.29) is 6.03 Å². The molecule has 98 valence electrons. The second-order valence-electron chi connectivity index (χ2n) is 3.84. The number of amides is 2. The van der Waals surface area contributed by atoms with Crippen molar-refractivity contribution >= 4 is 35.1 Å². The van der Waals surface area contributed by atoms with E-state index >= 15 is 0 Å². The summed E-state index contributed by atoms with van der Waals surface area (Å²) in [5.74, 6) is -0.0866. The maximum absolute atomic E-state index is 11.9. The molecule has 0 aliphatic carbocycles. The minimum absolute atomic E-state index is 0.333. The van der Waals surface area contributed by atoms with E-state index in [1.54, 1.807) is 5.51 Å². The van der Waals surface area contributed by atoms with Crippen molar-refractivity contribution in [3.05, 3.63) is 16.1 Å². The molecule has 1 aliphatic rings. The average molecular weight is 287 g/mol. The summed E-state index contributed by atoms with van der Waals surface area (Å²) < 4.78 is 0. The summed E-state index contributed by atoms with van der Waals surface area (Å²) in [6, 6.07) is -1.06. The van der Waals surface area contributed by atoms with E-state index in [4.69, 9.17) is 5.11 Å². The Morgan fingerprint density at radius 3 is 3.06 bits per heavy atom. The van der Waals surface area contributed by atoms with Gasteiger partial charge in [-0.15, -0.1) is 23.1 Å². The number of aromatic nitrogens is 1. The molecule has 2 N–H and O–H groups in total. The predicted molar refractivity (Wildman–Crippen MR) is 69.7 cm³/mol. The number of carboxylic acid groups (broad SMARTS) is 1. The molecule has 6 nitrogen and oxygen atoms in total. The van der Waals surface area contributed by atoms with Crippen molar-refractivity contribution < 1.29 is 14.7 Å². The van der Waals surface area contributed by atoms with Gasteiger partial charge in [0.05, 0.1) is 23.6 Å². The molecule has 18 heavy (non-hydrogen) atoms. The number of carboxylic acids is 1. The van der Waals surface area contributed by atoms with Crippen LogP contribution in [0.1, 0.15) is 10.6 Å². The van der Waals surface area contributed by atoms with Gasteiger partial charge in [0.15, 0.2) is 0 Å². The Bertz CT molecular complexity index is 463. The number of nitrogens with zero attached hydrogens (tertiary/aromatic N) is 2. The number of thioether (sulfide) groups is 1. The topological polar surface area (TPSA) is 82.5 Å². The molecule has 0 bridgehead atoms. The monoisotopic (exact) mass is 287 g/mol. The number of hydrogen-bond donors (Lipinski definition) is 2. The first-order valence-corrected chi connectivity index (χ1v) is 7.37. The van der Waals surface area contributed by atoms with Gasteiger partial charge >= 0.3 is 12.0 Å². The third-order valence-electron chi connectivity index (χ3n) is 2.67. The summed E-state index contributed by atoms with van der Waals surface area (Å²) >= 11 is 2.92. The lowest BCUT2D eigenvalue weighted by Gasteiger charge is -2.20. The number of nitrogens with one attached hydrogen (secondary N) is 1. The lowest BCUT2D eigenvalue weighted by atomic mass is 10.3. The average Bonchev–Trinajstić information content (AvgIpc) is 2.94. The molecule has 0 saturated carbocycles. The van der Waals surface area contributed by atoms with Crippen LogP contribution >= 0.6 is 23.1 Å². The first-order valence-electron chi connectivity index (χ1n) is 5.33. The van der Waals surface area contributed by atoms with E-state index in [0.717, 1.165) is 10.6 Å². The van der Waals surface area contributed by atoms with Gasteiger partial charge in [-0.1, -0.05) is 0 Å². The minimum atomic E-state index is -0.955. The third kappa shape index (κ3) is 2.75. The lowest BCUT2D eigenvalue weighted by molar-refractivity contribution is -0.140. The van der Waals surface area contributed by atoms with Crippen LogP contribution in [0.4, 0.5) is 4.79 Å². The van der Waals surface area contributed by atoms with Gasteiger partial charge < -0.3 is 15.3 Å². The number of rotatable bonds is 3. The van der Waals surface area contributed by atoms with Crippen LogP contribution in [0.3, 0.4) is 0 Å². The van der Waals surface area contributed by atoms with Crippen molar-refractivity contribution in [1.82, 2.24) is 15.2 Å². The van der Waals surface area contributed by atoms with Gasteiger partial charge in [-0.3, -0.25) is 0 Å². The van der Waals surface area contributed by atoms with Gasteiger partial charge in [0, 0.05) is 10.6 Å². The fraction of sp³-hybridized carbons (Fsp3) is 0.500. The molecule has 8 heteroatoms. The molecule has 1 fully saturated rings. The maximum atomic E-state index is 11.9. The first kappa shape index (κ1) is 13.2. The van der Waals surface area contributed by atoms with E-state index in [1.165, 1.54) is 28.0 Å². The molecule has 2 amide bonds. The Balaban J connectivity index is 1.92. The van der Waals surface area contributed by atoms with Crippen molar-refractivity contribution in [3.63, 3.8) is 0 Å². The fourth-order valence-corrected chi connectivity index (χ4v) is 3.46. The Hall–Kier alpha value is -1.28. The summed E-state index contributed by atoms with van der Waals surface area (Å²) in [7, 11) is 0. The van der Waals surface area contributed by atoms with Gasteiger partial charge in [-0.2, -0.15) is 0 Å². The largest absolute Gasteiger partial charge is 0.480 e. The zero-order valence-corrected chi connectivity index (χ0v) is 11.4. The molecule has 0 radical (unpaired) electrons. The van der Waals surface area contributed by atoms with Gasteiger partial charge in [-0.25, -0.2) is 14.6 Å². The number of aryl methyl sites for hydroxylation is 1. The summed E-state index contributed by atoms with van der Waals surface area (Å²) in [4.78, 5) is 29.3. The standard InChI is InChI=1S/C10H13N3O3S2/c1-6-8(18-4-12-6)2-11-10(16)13-5-17-3-7(13)9(14)15/h4,7H,2-3,5H2,1H3,(H,11,16)(H,14,15)/t7-/m0/s1. The number of carbonyl (C=O) groups is 2. The number of carbonyl (C=O) groups excluding carboxylic acids is 1. The highest BCUT2D eigenvalue weighted by Gasteiger charge is 2.34. The van der Waals surface area contributed by atoms with Crippen LogP contribution in [0.25, 0.3) is 0 Å². The van der Waals surface area contributed by atoms with Crippen LogP contribution in [-0.2, 0) is 11.3 Å². The summed E-state index contributed by atoms with van der Waals surface area (Å²) in [6.07, 6.45) is 0. The van der Waals surface area contributed by atoms with E-state index < -0.39 is 12.0 Å². The van der Waals surface area contributed by atoms with E-state index in [1.807, 2.05) is 6.92 Å². The molecule has 1 aromatic heterocycles. The van der Waals surface area contributed by atoms with Crippen LogP contribution in [0.15, 0.2) is 5.51 Å². The fourth-order valence-electron chi connectivity index (χ4n) is 1.60. The second kappa shape index (κ2) is 5.57. The quantitative estimate of drug-likeness (QED) is 0.870. The van der Waals surface area contributed by atoms with Crippen molar-refractivity contribution in [2.75, 3.05) is 11.6 Å². The lowest BCUT2D eigenvalue weighted by Crippen LogP contribution is -2.46. The summed E-state index contributed by atoms with van der Waals surface area (Å²) in [5, 5.41) is 11.7. The van der Waals surface area contributed by atoms with Crippen LogP contribution in [0.5, 0.6) is 0 Å². The molecule has 1 aliphatic heterocycles. The Kier molecular flexibility index (Phi) is 4.07. The van der Waals surface area contributed by atoms with Gasteiger partial charge in [0.2, 0.25) is 0 Å². The molecule has 2 heterocycles. The highest BCUT2D eigenvalue weighted by atomic mass is 32.2. The van der Waals surface area contributed by atoms with E-state index in [0.29, 0.717) is 18.2 Å². The van der Waals surface area contributed by atoms with Crippen molar-refractivity contribution in [1.29, 1.82) is 0 Å². The van der Waals surface area contributed by atoms with E-state index in [2.05, 4.69) is 10.3 Å². The van der Waals surface area contributed by atoms with Crippen molar-refractivity contribution in [2.24, 2.45) is 0 Å². The van der Waals surface area contributed by atoms with E-state index in [9.17, 15) is 9.59 Å².